The molecule has 1 atom stereocenters. The second-order valence-electron chi connectivity index (χ2n) is 11.0. The van der Waals surface area contributed by atoms with E-state index in [1.54, 1.807) is 18.7 Å². The molecular weight excluding hydrogens is 587 g/mol. The molecule has 1 saturated heterocycles. The predicted molar refractivity (Wildman–Crippen MR) is 170 cm³/mol. The van der Waals surface area contributed by atoms with Crippen LogP contribution >= 0.6 is 23.2 Å². The van der Waals surface area contributed by atoms with Crippen molar-refractivity contribution in [2.24, 2.45) is 0 Å². The Morgan fingerprint density at radius 2 is 1.67 bits per heavy atom. The molecular formula is C33H34Cl2N4O4. The molecule has 2 aliphatic rings. The molecule has 8 nitrogen and oxygen atoms in total. The van der Waals surface area contributed by atoms with Gasteiger partial charge in [0, 0.05) is 45.4 Å². The molecule has 43 heavy (non-hydrogen) atoms. The van der Waals surface area contributed by atoms with Crippen LogP contribution in [0.3, 0.4) is 0 Å². The average Bonchev–Trinajstić information content (AvgIpc) is 3.44. The Morgan fingerprint density at radius 1 is 1.00 bits per heavy atom. The topological polar surface area (TPSA) is 94.7 Å². The zero-order chi connectivity index (χ0) is 30.7. The summed E-state index contributed by atoms with van der Waals surface area (Å²) in [5.74, 6) is 0.480. The number of aromatic nitrogens is 1. The molecule has 0 saturated carbocycles. The summed E-state index contributed by atoms with van der Waals surface area (Å²) in [6.45, 7) is 6.66. The van der Waals surface area contributed by atoms with E-state index in [4.69, 9.17) is 32.7 Å². The molecule has 224 valence electrons. The molecule has 4 aromatic rings. The number of nitrogens with zero attached hydrogens (tertiary/aromatic N) is 2. The maximum absolute atomic E-state index is 12.1. The fraction of sp³-hybridized carbons (Fsp3) is 0.303. The maximum atomic E-state index is 12.1. The molecule has 0 aliphatic carbocycles. The minimum atomic E-state index is -0.846. The summed E-state index contributed by atoms with van der Waals surface area (Å²) in [4.78, 5) is 40.5. The fourth-order valence-corrected chi connectivity index (χ4v) is 6.05. The molecule has 0 radical (unpaired) electrons. The number of imide groups is 1. The molecule has 3 amide bonds. The first kappa shape index (κ1) is 30.4. The summed E-state index contributed by atoms with van der Waals surface area (Å²) >= 11 is 12.6. The van der Waals surface area contributed by atoms with Crippen molar-refractivity contribution in [3.8, 4) is 5.75 Å². The van der Waals surface area contributed by atoms with E-state index in [1.165, 1.54) is 17.9 Å². The number of amides is 3. The highest BCUT2D eigenvalue weighted by Crippen LogP contribution is 2.41. The number of rotatable bonds is 7. The number of urea groups is 1. The Bertz CT molecular complexity index is 1630. The number of H-pyrrole nitrogens is 1. The van der Waals surface area contributed by atoms with Crippen molar-refractivity contribution >= 4 is 58.0 Å². The molecule has 3 aromatic carbocycles. The lowest BCUT2D eigenvalue weighted by Crippen LogP contribution is -2.44. The van der Waals surface area contributed by atoms with Crippen molar-refractivity contribution in [1.29, 1.82) is 0 Å². The third-order valence-corrected chi connectivity index (χ3v) is 8.42. The van der Waals surface area contributed by atoms with Gasteiger partial charge in [0.1, 0.15) is 17.6 Å². The van der Waals surface area contributed by atoms with Crippen LogP contribution in [0, 0.1) is 0 Å². The lowest BCUT2D eigenvalue weighted by molar-refractivity contribution is -0.125. The minimum Gasteiger partial charge on any atom is -0.494 e. The van der Waals surface area contributed by atoms with E-state index >= 15 is 0 Å². The van der Waals surface area contributed by atoms with Crippen molar-refractivity contribution < 1.29 is 19.1 Å². The van der Waals surface area contributed by atoms with Crippen LogP contribution in [-0.4, -0.2) is 53.3 Å². The zero-order valence-electron chi connectivity index (χ0n) is 24.3. The highest BCUT2D eigenvalue weighted by Gasteiger charge is 2.45. The first-order valence-electron chi connectivity index (χ1n) is 14.2. The van der Waals surface area contributed by atoms with Gasteiger partial charge in [-0.3, -0.25) is 10.1 Å². The number of hydrogen-bond donors (Lipinski definition) is 2. The second kappa shape index (κ2) is 12.7. The predicted octanol–water partition coefficient (Wildman–Crippen LogP) is 6.93. The quantitative estimate of drug-likeness (QED) is 0.133. The van der Waals surface area contributed by atoms with Gasteiger partial charge in [-0.25, -0.2) is 4.79 Å². The monoisotopic (exact) mass is 620 g/mol. The van der Waals surface area contributed by atoms with Crippen LogP contribution in [0.25, 0.3) is 10.9 Å². The number of carbonyl (C=O) groups excluding carboxylic acids is 3. The number of aldehydes is 1. The molecule has 3 heterocycles. The molecule has 2 N–H and O–H groups in total. The number of fused-ring (bicyclic) bond motifs is 3. The standard InChI is InChI=1S/C31H30Cl2N4O3.C2H4O/c1-31(2)29(38)35-30(39)37(31)15-3-17-40-23-11-4-19(5-12-23)28-27-24(25-18-21(33)8-13-26(25)34-27)14-16-36(28)22-9-6-20(32)7-10-22;1-2-3/h4-13,18,28,34H,3,14-17H2,1-2H3,(H,35,38,39);2H,1H3. The number of aromatic amines is 1. The normalized spacial score (nSPS) is 17.3. The SMILES string of the molecule is CC1(C)C(=O)NC(=O)N1CCCOc1ccc(C2c3[nH]c4ccc(Cl)cc4c3CCN2c2ccc(Cl)cc2)cc1.CC=O. The number of ether oxygens (including phenoxy) is 1. The van der Waals surface area contributed by atoms with Gasteiger partial charge in [-0.2, -0.15) is 0 Å². The summed E-state index contributed by atoms with van der Waals surface area (Å²) < 4.78 is 6.00. The van der Waals surface area contributed by atoms with Crippen LogP contribution in [-0.2, 0) is 16.0 Å². The number of anilines is 1. The Hall–Kier alpha value is -4.01. The van der Waals surface area contributed by atoms with E-state index in [2.05, 4.69) is 39.5 Å². The average molecular weight is 622 g/mol. The first-order valence-corrected chi connectivity index (χ1v) is 15.0. The van der Waals surface area contributed by atoms with Gasteiger partial charge in [-0.05, 0) is 99.3 Å². The Kier molecular flexibility index (Phi) is 8.99. The number of halogens is 2. The summed E-state index contributed by atoms with van der Waals surface area (Å²) in [6, 6.07) is 21.8. The van der Waals surface area contributed by atoms with E-state index in [-0.39, 0.29) is 18.0 Å². The largest absolute Gasteiger partial charge is 0.494 e. The Morgan fingerprint density at radius 3 is 2.33 bits per heavy atom. The second-order valence-corrected chi connectivity index (χ2v) is 11.9. The van der Waals surface area contributed by atoms with Crippen LogP contribution in [0.5, 0.6) is 5.75 Å². The Balaban J connectivity index is 0.00000118. The van der Waals surface area contributed by atoms with Crippen LogP contribution in [0.1, 0.15) is 50.1 Å². The summed E-state index contributed by atoms with van der Waals surface area (Å²) in [7, 11) is 0. The van der Waals surface area contributed by atoms with E-state index in [0.29, 0.717) is 24.6 Å². The van der Waals surface area contributed by atoms with Crippen LogP contribution in [0.2, 0.25) is 10.0 Å². The molecule has 2 aliphatic heterocycles. The van der Waals surface area contributed by atoms with Gasteiger partial charge >= 0.3 is 6.03 Å². The zero-order valence-corrected chi connectivity index (χ0v) is 25.8. The van der Waals surface area contributed by atoms with Gasteiger partial charge < -0.3 is 24.3 Å². The van der Waals surface area contributed by atoms with Crippen molar-refractivity contribution in [2.75, 3.05) is 24.6 Å². The smallest absolute Gasteiger partial charge is 0.324 e. The van der Waals surface area contributed by atoms with Gasteiger partial charge in [0.15, 0.2) is 0 Å². The van der Waals surface area contributed by atoms with E-state index in [1.807, 2.05) is 42.5 Å². The van der Waals surface area contributed by atoms with Gasteiger partial charge in [0.25, 0.3) is 5.91 Å². The third-order valence-electron chi connectivity index (χ3n) is 7.93. The Labute approximate surface area is 260 Å². The van der Waals surface area contributed by atoms with Crippen molar-refractivity contribution in [1.82, 2.24) is 15.2 Å². The first-order chi connectivity index (χ1) is 20.6. The molecule has 0 bridgehead atoms. The number of benzene rings is 3. The fourth-order valence-electron chi connectivity index (χ4n) is 5.75. The number of hydrogen-bond acceptors (Lipinski definition) is 5. The highest BCUT2D eigenvalue weighted by molar-refractivity contribution is 6.31. The van der Waals surface area contributed by atoms with Crippen molar-refractivity contribution in [2.45, 2.75) is 45.2 Å². The van der Waals surface area contributed by atoms with E-state index in [9.17, 15) is 9.59 Å². The number of carbonyl (C=O) groups is 3. The number of nitrogens with one attached hydrogen (secondary N) is 2. The van der Waals surface area contributed by atoms with Crippen molar-refractivity contribution in [3.63, 3.8) is 0 Å². The summed E-state index contributed by atoms with van der Waals surface area (Å²) in [6.07, 6.45) is 2.26. The lowest BCUT2D eigenvalue weighted by atomic mass is 9.91. The van der Waals surface area contributed by atoms with Gasteiger partial charge in [-0.15, -0.1) is 0 Å². The highest BCUT2D eigenvalue weighted by atomic mass is 35.5. The molecule has 1 fully saturated rings. The molecule has 6 rings (SSSR count). The molecule has 1 aromatic heterocycles. The summed E-state index contributed by atoms with van der Waals surface area (Å²) in [5, 5.41) is 4.98. The molecule has 1 unspecified atom stereocenters. The molecule has 0 spiro atoms. The minimum absolute atomic E-state index is 0.0291. The van der Waals surface area contributed by atoms with Gasteiger partial charge in [-0.1, -0.05) is 35.3 Å². The lowest BCUT2D eigenvalue weighted by Gasteiger charge is -2.38. The van der Waals surface area contributed by atoms with Crippen LogP contribution < -0.4 is 15.0 Å². The summed E-state index contributed by atoms with van der Waals surface area (Å²) in [5.41, 5.74) is 4.92. The van der Waals surface area contributed by atoms with Crippen LogP contribution in [0.4, 0.5) is 10.5 Å². The van der Waals surface area contributed by atoms with Crippen LogP contribution in [0.15, 0.2) is 66.7 Å². The van der Waals surface area contributed by atoms with Gasteiger partial charge in [0.2, 0.25) is 0 Å². The molecule has 10 heteroatoms. The van der Waals surface area contributed by atoms with E-state index in [0.717, 1.165) is 52.5 Å². The maximum Gasteiger partial charge on any atom is 0.324 e. The third kappa shape index (κ3) is 6.21. The van der Waals surface area contributed by atoms with E-state index < -0.39 is 5.54 Å². The van der Waals surface area contributed by atoms with Crippen molar-refractivity contribution in [3.05, 3.63) is 93.6 Å². The van der Waals surface area contributed by atoms with Gasteiger partial charge in [0.05, 0.1) is 12.6 Å².